The Morgan fingerprint density at radius 2 is 1.59 bits per heavy atom. The van der Waals surface area contributed by atoms with Crippen molar-refractivity contribution >= 4 is 23.5 Å². The molecule has 0 N–H and O–H groups in total. The molecule has 1 saturated carbocycles. The number of esters is 1. The smallest absolute Gasteiger partial charge is 0.337 e. The Morgan fingerprint density at radius 1 is 1.05 bits per heavy atom. The van der Waals surface area contributed by atoms with Crippen molar-refractivity contribution in [1.82, 2.24) is 0 Å². The number of carbonyl (C=O) groups excluding carboxylic acids is 3. The van der Waals surface area contributed by atoms with Gasteiger partial charge in [0.2, 0.25) is 11.8 Å². The molecule has 4 atom stereocenters. The zero-order valence-corrected chi connectivity index (χ0v) is 12.1. The van der Waals surface area contributed by atoms with E-state index in [0.717, 1.165) is 6.42 Å². The number of fused-ring (bicyclic) bond motifs is 5. The predicted octanol–water partition coefficient (Wildman–Crippen LogP) is 1.78. The molecule has 0 aromatic heterocycles. The van der Waals surface area contributed by atoms with Crippen molar-refractivity contribution in [3.8, 4) is 0 Å². The van der Waals surface area contributed by atoms with Crippen LogP contribution in [0, 0.1) is 23.7 Å². The molecule has 2 bridgehead atoms. The minimum absolute atomic E-state index is 0.113. The zero-order chi connectivity index (χ0) is 15.4. The molecule has 2 aliphatic carbocycles. The highest BCUT2D eigenvalue weighted by Crippen LogP contribution is 2.53. The van der Waals surface area contributed by atoms with Gasteiger partial charge in [0, 0.05) is 0 Å². The van der Waals surface area contributed by atoms with Gasteiger partial charge in [-0.3, -0.25) is 14.5 Å². The summed E-state index contributed by atoms with van der Waals surface area (Å²) in [6, 6.07) is 6.39. The summed E-state index contributed by atoms with van der Waals surface area (Å²) in [4.78, 5) is 38.0. The lowest BCUT2D eigenvalue weighted by Crippen LogP contribution is -2.32. The van der Waals surface area contributed by atoms with Crippen molar-refractivity contribution < 1.29 is 19.1 Å². The number of hydrogen-bond donors (Lipinski definition) is 0. The molecule has 1 aromatic carbocycles. The lowest BCUT2D eigenvalue weighted by atomic mass is 9.85. The molecule has 0 unspecified atom stereocenters. The van der Waals surface area contributed by atoms with Crippen LogP contribution in [0.2, 0.25) is 0 Å². The average Bonchev–Trinajstić information content (AvgIpc) is 3.21. The van der Waals surface area contributed by atoms with Crippen LogP contribution in [0.1, 0.15) is 16.8 Å². The molecule has 5 heteroatoms. The van der Waals surface area contributed by atoms with E-state index in [9.17, 15) is 14.4 Å². The Kier molecular flexibility index (Phi) is 2.73. The minimum Gasteiger partial charge on any atom is -0.465 e. The van der Waals surface area contributed by atoms with Crippen LogP contribution in [0.4, 0.5) is 5.69 Å². The maximum Gasteiger partial charge on any atom is 0.337 e. The molecule has 5 nitrogen and oxygen atoms in total. The minimum atomic E-state index is -0.440. The second-order valence-corrected chi connectivity index (χ2v) is 6.05. The van der Waals surface area contributed by atoms with E-state index >= 15 is 0 Å². The van der Waals surface area contributed by atoms with Crippen LogP contribution in [0.3, 0.4) is 0 Å². The number of ether oxygens (including phenoxy) is 1. The van der Waals surface area contributed by atoms with Crippen molar-refractivity contribution in [3.05, 3.63) is 42.0 Å². The van der Waals surface area contributed by atoms with Crippen molar-refractivity contribution in [3.63, 3.8) is 0 Å². The predicted molar refractivity (Wildman–Crippen MR) is 78.0 cm³/mol. The van der Waals surface area contributed by atoms with Gasteiger partial charge >= 0.3 is 5.97 Å². The SMILES string of the molecule is COC(=O)c1ccc(N2C(=O)[C@H]3[C@H](C2=O)[C@H]2C=C[C@H]3C2)cc1. The first kappa shape index (κ1) is 13.2. The third-order valence-electron chi connectivity index (χ3n) is 5.02. The topological polar surface area (TPSA) is 63.7 Å². The van der Waals surface area contributed by atoms with Crippen LogP contribution in [0.5, 0.6) is 0 Å². The lowest BCUT2D eigenvalue weighted by Gasteiger charge is -2.17. The summed E-state index contributed by atoms with van der Waals surface area (Å²) in [7, 11) is 1.31. The molecular formula is C17H15NO4. The van der Waals surface area contributed by atoms with Gasteiger partial charge in [-0.05, 0) is 42.5 Å². The van der Waals surface area contributed by atoms with E-state index in [4.69, 9.17) is 0 Å². The molecule has 4 rings (SSSR count). The van der Waals surface area contributed by atoms with E-state index in [1.165, 1.54) is 12.0 Å². The Balaban J connectivity index is 1.65. The van der Waals surface area contributed by atoms with Gasteiger partial charge in [-0.25, -0.2) is 4.79 Å². The maximum absolute atomic E-state index is 12.6. The summed E-state index contributed by atoms with van der Waals surface area (Å²) >= 11 is 0. The Hall–Kier alpha value is -2.43. The number of hydrogen-bond acceptors (Lipinski definition) is 4. The number of allylic oxidation sites excluding steroid dienone is 2. The molecule has 0 spiro atoms. The zero-order valence-electron chi connectivity index (χ0n) is 12.1. The van der Waals surface area contributed by atoms with Gasteiger partial charge in [-0.2, -0.15) is 0 Å². The monoisotopic (exact) mass is 297 g/mol. The molecule has 22 heavy (non-hydrogen) atoms. The normalized spacial score (nSPS) is 31.8. The molecule has 1 aliphatic heterocycles. The second kappa shape index (κ2) is 4.53. The van der Waals surface area contributed by atoms with E-state index in [0.29, 0.717) is 11.3 Å². The Bertz CT molecular complexity index is 676. The van der Waals surface area contributed by atoms with Crippen molar-refractivity contribution in [2.75, 3.05) is 12.0 Å². The van der Waals surface area contributed by atoms with Crippen LogP contribution >= 0.6 is 0 Å². The van der Waals surface area contributed by atoms with Crippen molar-refractivity contribution in [2.24, 2.45) is 23.7 Å². The fraction of sp³-hybridized carbons (Fsp3) is 0.353. The molecule has 112 valence electrons. The highest BCUT2D eigenvalue weighted by Gasteiger charge is 2.59. The van der Waals surface area contributed by atoms with Crippen LogP contribution in [-0.4, -0.2) is 24.9 Å². The number of methoxy groups -OCH3 is 1. The first-order valence-electron chi connectivity index (χ1n) is 7.36. The van der Waals surface area contributed by atoms with Crippen molar-refractivity contribution in [1.29, 1.82) is 0 Å². The maximum atomic E-state index is 12.6. The number of rotatable bonds is 2. The molecule has 2 fully saturated rings. The van der Waals surface area contributed by atoms with E-state index in [1.54, 1.807) is 24.3 Å². The number of carbonyl (C=O) groups is 3. The standard InChI is InChI=1S/C17H15NO4/c1-22-17(21)9-4-6-12(7-5-9)18-15(19)13-10-2-3-11(8-10)14(13)16(18)20/h2-7,10-11,13-14H,8H2,1H3/t10-,11-,13+,14+/m0/s1. The molecule has 1 heterocycles. The van der Waals surface area contributed by atoms with Gasteiger partial charge in [0.1, 0.15) is 0 Å². The van der Waals surface area contributed by atoms with E-state index in [2.05, 4.69) is 16.9 Å². The second-order valence-electron chi connectivity index (χ2n) is 6.05. The number of amides is 2. The van der Waals surface area contributed by atoms with Gasteiger partial charge in [0.05, 0.1) is 30.2 Å². The molecule has 1 aromatic rings. The Morgan fingerprint density at radius 3 is 2.09 bits per heavy atom. The largest absolute Gasteiger partial charge is 0.465 e. The Labute approximate surface area is 127 Å². The highest BCUT2D eigenvalue weighted by atomic mass is 16.5. The molecule has 3 aliphatic rings. The van der Waals surface area contributed by atoms with Crippen molar-refractivity contribution in [2.45, 2.75) is 6.42 Å². The summed E-state index contributed by atoms with van der Waals surface area (Å²) in [6.07, 6.45) is 5.06. The first-order chi connectivity index (χ1) is 10.6. The van der Waals surface area contributed by atoms with E-state index in [-0.39, 0.29) is 35.5 Å². The fourth-order valence-corrected chi connectivity index (χ4v) is 4.02. The van der Waals surface area contributed by atoms with E-state index < -0.39 is 5.97 Å². The number of benzene rings is 1. The van der Waals surface area contributed by atoms with Gasteiger partial charge < -0.3 is 4.74 Å². The summed E-state index contributed by atoms with van der Waals surface area (Å²) in [5.74, 6) is -0.678. The first-order valence-corrected chi connectivity index (χ1v) is 7.36. The molecular weight excluding hydrogens is 282 g/mol. The van der Waals surface area contributed by atoms with Gasteiger partial charge in [-0.1, -0.05) is 12.2 Å². The molecule has 1 saturated heterocycles. The van der Waals surface area contributed by atoms with Crippen LogP contribution < -0.4 is 4.90 Å². The fourth-order valence-electron chi connectivity index (χ4n) is 4.02. The number of anilines is 1. The van der Waals surface area contributed by atoms with Gasteiger partial charge in [-0.15, -0.1) is 0 Å². The van der Waals surface area contributed by atoms with Crippen LogP contribution in [0.15, 0.2) is 36.4 Å². The molecule has 0 radical (unpaired) electrons. The number of nitrogens with zero attached hydrogens (tertiary/aromatic N) is 1. The van der Waals surface area contributed by atoms with Crippen LogP contribution in [0.25, 0.3) is 0 Å². The summed E-state index contributed by atoms with van der Waals surface area (Å²) in [5.41, 5.74) is 0.920. The lowest BCUT2D eigenvalue weighted by molar-refractivity contribution is -0.123. The third-order valence-corrected chi connectivity index (χ3v) is 5.02. The highest BCUT2D eigenvalue weighted by molar-refractivity contribution is 6.22. The summed E-state index contributed by atoms with van der Waals surface area (Å²) < 4.78 is 4.65. The number of imide groups is 1. The summed E-state index contributed by atoms with van der Waals surface area (Å²) in [5, 5.41) is 0. The van der Waals surface area contributed by atoms with Crippen LogP contribution in [-0.2, 0) is 14.3 Å². The van der Waals surface area contributed by atoms with Gasteiger partial charge in [0.25, 0.3) is 0 Å². The quantitative estimate of drug-likeness (QED) is 0.474. The molecule has 2 amide bonds. The average molecular weight is 297 g/mol. The summed E-state index contributed by atoms with van der Waals surface area (Å²) in [6.45, 7) is 0. The van der Waals surface area contributed by atoms with Gasteiger partial charge in [0.15, 0.2) is 0 Å². The van der Waals surface area contributed by atoms with E-state index in [1.807, 2.05) is 0 Å². The third kappa shape index (κ3) is 1.62.